The molecular weight excluding hydrogens is 410 g/mol. The fourth-order valence-corrected chi connectivity index (χ4v) is 4.17. The Morgan fingerprint density at radius 2 is 1.78 bits per heavy atom. The van der Waals surface area contributed by atoms with Crippen molar-refractivity contribution in [2.24, 2.45) is 0 Å². The van der Waals surface area contributed by atoms with Gasteiger partial charge in [0.2, 0.25) is 0 Å². The number of urea groups is 1. The lowest BCUT2D eigenvalue weighted by Gasteiger charge is -2.43. The lowest BCUT2D eigenvalue weighted by molar-refractivity contribution is 0.0816. The van der Waals surface area contributed by atoms with Gasteiger partial charge in [0.15, 0.2) is 11.5 Å². The van der Waals surface area contributed by atoms with E-state index >= 15 is 0 Å². The molecule has 1 heterocycles. The van der Waals surface area contributed by atoms with Crippen LogP contribution in [0.25, 0.3) is 0 Å². The minimum Gasteiger partial charge on any atom is -0.493 e. The van der Waals surface area contributed by atoms with E-state index in [0.29, 0.717) is 30.2 Å². The van der Waals surface area contributed by atoms with E-state index in [1.54, 1.807) is 44.1 Å². The molecule has 0 unspecified atom stereocenters. The molecule has 0 aromatic heterocycles. The van der Waals surface area contributed by atoms with Gasteiger partial charge in [0.1, 0.15) is 0 Å². The third-order valence-corrected chi connectivity index (χ3v) is 5.66. The minimum absolute atomic E-state index is 0.168. The monoisotopic (exact) mass is 441 g/mol. The van der Waals surface area contributed by atoms with Gasteiger partial charge in [-0.2, -0.15) is 0 Å². The van der Waals surface area contributed by atoms with E-state index in [4.69, 9.17) is 14.2 Å². The first-order chi connectivity index (χ1) is 15.4. The molecule has 1 N–H and O–H groups in total. The maximum Gasteiger partial charge on any atom is 0.410 e. The number of hydrogen-bond acceptors (Lipinski definition) is 5. The molecule has 0 bridgehead atoms. The van der Waals surface area contributed by atoms with E-state index in [2.05, 4.69) is 5.32 Å². The molecule has 32 heavy (non-hydrogen) atoms. The quantitative estimate of drug-likeness (QED) is 0.721. The Balaban J connectivity index is 2.14. The third kappa shape index (κ3) is 4.59. The molecule has 2 aromatic carbocycles. The Labute approximate surface area is 189 Å². The summed E-state index contributed by atoms with van der Waals surface area (Å²) in [6.07, 6.45) is 0.143. The number of anilines is 1. The van der Waals surface area contributed by atoms with Crippen molar-refractivity contribution < 1.29 is 23.8 Å². The number of nitrogens with zero attached hydrogens (tertiary/aromatic N) is 2. The summed E-state index contributed by atoms with van der Waals surface area (Å²) in [6.45, 7) is 4.41. The Hall–Kier alpha value is -3.42. The molecule has 1 aliphatic heterocycles. The van der Waals surface area contributed by atoms with Crippen molar-refractivity contribution in [1.29, 1.82) is 0 Å². The Morgan fingerprint density at radius 1 is 1.12 bits per heavy atom. The van der Waals surface area contributed by atoms with E-state index in [9.17, 15) is 9.59 Å². The van der Waals surface area contributed by atoms with Crippen LogP contribution in [0.3, 0.4) is 0 Å². The Morgan fingerprint density at radius 3 is 2.38 bits per heavy atom. The number of carbonyl (C=O) groups excluding carboxylic acids is 2. The van der Waals surface area contributed by atoms with E-state index < -0.39 is 6.09 Å². The number of rotatable bonds is 6. The van der Waals surface area contributed by atoms with Crippen molar-refractivity contribution in [2.75, 3.05) is 32.8 Å². The molecular formula is C24H31N3O5. The van der Waals surface area contributed by atoms with Crippen LogP contribution in [0.15, 0.2) is 42.5 Å². The van der Waals surface area contributed by atoms with Crippen molar-refractivity contribution in [2.45, 2.75) is 38.9 Å². The highest BCUT2D eigenvalue weighted by Crippen LogP contribution is 2.46. The van der Waals surface area contributed by atoms with Gasteiger partial charge in [0, 0.05) is 31.3 Å². The van der Waals surface area contributed by atoms with Crippen LogP contribution in [0.5, 0.6) is 11.5 Å². The second-order valence-corrected chi connectivity index (χ2v) is 7.60. The Bertz CT molecular complexity index is 950. The summed E-state index contributed by atoms with van der Waals surface area (Å²) in [5.41, 5.74) is 2.46. The highest BCUT2D eigenvalue weighted by Gasteiger charge is 2.39. The highest BCUT2D eigenvalue weighted by molar-refractivity contribution is 5.94. The first kappa shape index (κ1) is 23.2. The summed E-state index contributed by atoms with van der Waals surface area (Å²) in [4.78, 5) is 29.2. The standard InChI is InChI=1S/C24H31N3O5/c1-6-32-24(29)26(15-17-10-8-7-9-11-17)19-12-16(2)27(23(28)25-3)20-14-22(31-5)21(30-4)13-18(19)20/h7-11,13-14,16,19H,6,12,15H2,1-5H3,(H,25,28)/t16-,19+/m0/s1. The van der Waals surface area contributed by atoms with Crippen LogP contribution >= 0.6 is 0 Å². The number of methoxy groups -OCH3 is 2. The lowest BCUT2D eigenvalue weighted by atomic mass is 9.90. The largest absolute Gasteiger partial charge is 0.493 e. The van der Waals surface area contributed by atoms with E-state index in [1.165, 1.54) is 0 Å². The van der Waals surface area contributed by atoms with Crippen LogP contribution in [0.2, 0.25) is 0 Å². The Kier molecular flexibility index (Phi) is 7.45. The van der Waals surface area contributed by atoms with Gasteiger partial charge in [-0.15, -0.1) is 0 Å². The first-order valence-corrected chi connectivity index (χ1v) is 10.7. The molecule has 0 radical (unpaired) electrons. The number of benzene rings is 2. The van der Waals surface area contributed by atoms with Crippen LogP contribution in [0.4, 0.5) is 15.3 Å². The summed E-state index contributed by atoms with van der Waals surface area (Å²) in [5, 5.41) is 2.71. The van der Waals surface area contributed by atoms with Crippen LogP contribution in [-0.4, -0.2) is 50.9 Å². The zero-order valence-corrected chi connectivity index (χ0v) is 19.3. The lowest BCUT2D eigenvalue weighted by Crippen LogP contribution is -2.50. The number of amides is 3. The number of nitrogens with one attached hydrogen (secondary N) is 1. The molecule has 0 aliphatic carbocycles. The molecule has 8 nitrogen and oxygen atoms in total. The van der Waals surface area contributed by atoms with Gasteiger partial charge in [-0.05, 0) is 31.9 Å². The van der Waals surface area contributed by atoms with Gasteiger partial charge in [0.25, 0.3) is 0 Å². The van der Waals surface area contributed by atoms with E-state index in [-0.39, 0.29) is 24.7 Å². The van der Waals surface area contributed by atoms with E-state index in [1.807, 2.05) is 43.3 Å². The van der Waals surface area contributed by atoms with Gasteiger partial charge in [-0.25, -0.2) is 9.59 Å². The van der Waals surface area contributed by atoms with Gasteiger partial charge >= 0.3 is 12.1 Å². The SMILES string of the molecule is CCOC(=O)N(Cc1ccccc1)[C@@H]1C[C@H](C)N(C(=O)NC)c2cc(OC)c(OC)cc21. The average Bonchev–Trinajstić information content (AvgIpc) is 2.81. The molecule has 0 fully saturated rings. The fraction of sp³-hybridized carbons (Fsp3) is 0.417. The molecule has 2 atom stereocenters. The van der Waals surface area contributed by atoms with Crippen molar-refractivity contribution in [1.82, 2.24) is 10.2 Å². The van der Waals surface area contributed by atoms with Crippen LogP contribution in [0.1, 0.15) is 37.4 Å². The molecule has 3 rings (SSSR count). The molecule has 2 aromatic rings. The van der Waals surface area contributed by atoms with Crippen LogP contribution in [0, 0.1) is 0 Å². The van der Waals surface area contributed by atoms with Crippen molar-refractivity contribution in [3.63, 3.8) is 0 Å². The van der Waals surface area contributed by atoms with Crippen molar-refractivity contribution in [3.8, 4) is 11.5 Å². The minimum atomic E-state index is -0.400. The summed E-state index contributed by atoms with van der Waals surface area (Å²) >= 11 is 0. The zero-order valence-electron chi connectivity index (χ0n) is 19.3. The normalized spacial score (nSPS) is 17.2. The van der Waals surface area contributed by atoms with Gasteiger partial charge < -0.3 is 19.5 Å². The van der Waals surface area contributed by atoms with Crippen LogP contribution in [-0.2, 0) is 11.3 Å². The molecule has 3 amide bonds. The topological polar surface area (TPSA) is 80.3 Å². The second kappa shape index (κ2) is 10.3. The second-order valence-electron chi connectivity index (χ2n) is 7.60. The number of hydrogen-bond donors (Lipinski definition) is 1. The predicted octanol–water partition coefficient (Wildman–Crippen LogP) is 4.34. The van der Waals surface area contributed by atoms with Gasteiger partial charge in [0.05, 0.1) is 32.6 Å². The van der Waals surface area contributed by atoms with E-state index in [0.717, 1.165) is 11.1 Å². The van der Waals surface area contributed by atoms with Crippen molar-refractivity contribution >= 4 is 17.8 Å². The number of ether oxygens (including phenoxy) is 3. The maximum atomic E-state index is 13.1. The van der Waals surface area contributed by atoms with Gasteiger partial charge in [-0.1, -0.05) is 30.3 Å². The zero-order chi connectivity index (χ0) is 23.3. The molecule has 8 heteroatoms. The average molecular weight is 442 g/mol. The molecule has 172 valence electrons. The smallest absolute Gasteiger partial charge is 0.410 e. The fourth-order valence-electron chi connectivity index (χ4n) is 4.17. The first-order valence-electron chi connectivity index (χ1n) is 10.7. The summed E-state index contributed by atoms with van der Waals surface area (Å²) in [5.74, 6) is 1.05. The van der Waals surface area contributed by atoms with Gasteiger partial charge in [-0.3, -0.25) is 9.80 Å². The number of fused-ring (bicyclic) bond motifs is 1. The highest BCUT2D eigenvalue weighted by atomic mass is 16.6. The molecule has 0 saturated heterocycles. The molecule has 0 saturated carbocycles. The summed E-state index contributed by atoms with van der Waals surface area (Å²) < 4.78 is 16.4. The van der Waals surface area contributed by atoms with Crippen molar-refractivity contribution in [3.05, 3.63) is 53.6 Å². The third-order valence-electron chi connectivity index (χ3n) is 5.66. The maximum absolute atomic E-state index is 13.1. The number of carbonyl (C=O) groups is 2. The summed E-state index contributed by atoms with van der Waals surface area (Å²) in [7, 11) is 4.72. The van der Waals surface area contributed by atoms with Crippen LogP contribution < -0.4 is 19.7 Å². The predicted molar refractivity (Wildman–Crippen MR) is 122 cm³/mol. The molecule has 0 spiro atoms. The molecule has 1 aliphatic rings. The summed E-state index contributed by atoms with van der Waals surface area (Å²) in [6, 6.07) is 12.7.